The van der Waals surface area contributed by atoms with Gasteiger partial charge < -0.3 is 4.90 Å². The summed E-state index contributed by atoms with van der Waals surface area (Å²) in [5.74, 6) is 0. The molecule has 0 saturated carbocycles. The van der Waals surface area contributed by atoms with Crippen molar-refractivity contribution in [2.75, 3.05) is 11.9 Å². The van der Waals surface area contributed by atoms with Crippen LogP contribution < -0.4 is 4.90 Å². The predicted octanol–water partition coefficient (Wildman–Crippen LogP) is 2.35. The van der Waals surface area contributed by atoms with Crippen LogP contribution in [0.3, 0.4) is 0 Å². The van der Waals surface area contributed by atoms with Crippen LogP contribution in [0.2, 0.25) is 0 Å². The number of thiazole rings is 1. The van der Waals surface area contributed by atoms with Crippen LogP contribution in [0.4, 0.5) is 5.69 Å². The maximum absolute atomic E-state index is 8.67. The van der Waals surface area contributed by atoms with Gasteiger partial charge >= 0.3 is 0 Å². The van der Waals surface area contributed by atoms with E-state index in [4.69, 9.17) is 5.26 Å². The summed E-state index contributed by atoms with van der Waals surface area (Å²) < 4.78 is 0. The highest BCUT2D eigenvalue weighted by Gasteiger charge is 2.05. The van der Waals surface area contributed by atoms with Gasteiger partial charge in [0.1, 0.15) is 11.8 Å². The van der Waals surface area contributed by atoms with Gasteiger partial charge in [-0.05, 0) is 19.1 Å². The molecule has 86 valence electrons. The van der Waals surface area contributed by atoms with Crippen molar-refractivity contribution in [3.63, 3.8) is 0 Å². The van der Waals surface area contributed by atoms with E-state index in [1.54, 1.807) is 23.6 Å². The molecule has 0 radical (unpaired) electrons. The van der Waals surface area contributed by atoms with Crippen LogP contribution in [0.25, 0.3) is 0 Å². The number of hydrogen-bond donors (Lipinski definition) is 0. The van der Waals surface area contributed by atoms with Crippen molar-refractivity contribution in [3.05, 3.63) is 40.1 Å². The molecule has 0 spiro atoms. The number of nitriles is 1. The minimum atomic E-state index is 0.437. The van der Waals surface area contributed by atoms with Gasteiger partial charge in [-0.15, -0.1) is 11.3 Å². The van der Waals surface area contributed by atoms with Gasteiger partial charge in [-0.3, -0.25) is 0 Å². The quantitative estimate of drug-likeness (QED) is 0.831. The molecule has 0 saturated heterocycles. The predicted molar refractivity (Wildman–Crippen MR) is 67.9 cm³/mol. The summed E-state index contributed by atoms with van der Waals surface area (Å²) in [5, 5.41) is 11.8. The summed E-state index contributed by atoms with van der Waals surface area (Å²) in [6.07, 6.45) is 1.71. The minimum absolute atomic E-state index is 0.437. The fourth-order valence-corrected chi connectivity index (χ4v) is 2.10. The Kier molecular flexibility index (Phi) is 3.35. The molecule has 0 bridgehead atoms. The van der Waals surface area contributed by atoms with E-state index < -0.39 is 0 Å². The average Bonchev–Trinajstić information content (AvgIpc) is 2.75. The zero-order valence-corrected chi connectivity index (χ0v) is 10.5. The van der Waals surface area contributed by atoms with Crippen molar-refractivity contribution in [3.8, 4) is 6.07 Å². The second-order valence-electron chi connectivity index (χ2n) is 3.73. The normalized spacial score (nSPS) is 9.94. The van der Waals surface area contributed by atoms with E-state index in [0.717, 1.165) is 22.9 Å². The maximum atomic E-state index is 8.67. The van der Waals surface area contributed by atoms with Gasteiger partial charge in [0.05, 0.1) is 29.1 Å². The Morgan fingerprint density at radius 1 is 1.47 bits per heavy atom. The van der Waals surface area contributed by atoms with Crippen LogP contribution in [0.1, 0.15) is 16.4 Å². The first kappa shape index (κ1) is 11.6. The van der Waals surface area contributed by atoms with E-state index in [2.05, 4.69) is 20.2 Å². The molecule has 5 heteroatoms. The summed E-state index contributed by atoms with van der Waals surface area (Å²) in [7, 11) is 1.98. The highest BCUT2D eigenvalue weighted by atomic mass is 32.1. The Balaban J connectivity index is 2.09. The summed E-state index contributed by atoms with van der Waals surface area (Å²) >= 11 is 1.65. The molecule has 0 fully saturated rings. The van der Waals surface area contributed by atoms with Crippen molar-refractivity contribution in [1.82, 2.24) is 9.97 Å². The first-order valence-electron chi connectivity index (χ1n) is 5.17. The van der Waals surface area contributed by atoms with E-state index in [0.29, 0.717) is 5.69 Å². The van der Waals surface area contributed by atoms with Crippen molar-refractivity contribution < 1.29 is 0 Å². The molecule has 0 aliphatic heterocycles. The highest BCUT2D eigenvalue weighted by Crippen LogP contribution is 2.15. The highest BCUT2D eigenvalue weighted by molar-refractivity contribution is 7.09. The molecule has 0 N–H and O–H groups in total. The number of pyridine rings is 1. The topological polar surface area (TPSA) is 52.8 Å². The molecule has 0 aliphatic carbocycles. The molecule has 2 aromatic heterocycles. The Bertz CT molecular complexity index is 538. The van der Waals surface area contributed by atoms with Crippen molar-refractivity contribution >= 4 is 17.0 Å². The van der Waals surface area contributed by atoms with Crippen LogP contribution >= 0.6 is 11.3 Å². The first-order chi connectivity index (χ1) is 8.19. The summed E-state index contributed by atoms with van der Waals surface area (Å²) in [6, 6.07) is 5.62. The van der Waals surface area contributed by atoms with E-state index in [1.807, 2.05) is 26.1 Å². The lowest BCUT2D eigenvalue weighted by molar-refractivity contribution is 0.886. The van der Waals surface area contributed by atoms with Gasteiger partial charge in [-0.2, -0.15) is 5.26 Å². The fourth-order valence-electron chi connectivity index (χ4n) is 1.49. The number of aryl methyl sites for hydroxylation is 1. The summed E-state index contributed by atoms with van der Waals surface area (Å²) in [5.41, 5.74) is 2.47. The van der Waals surface area contributed by atoms with E-state index in [-0.39, 0.29) is 0 Å². The van der Waals surface area contributed by atoms with Crippen LogP contribution in [0.5, 0.6) is 0 Å². The third-order valence-corrected chi connectivity index (χ3v) is 3.19. The second kappa shape index (κ2) is 4.93. The van der Waals surface area contributed by atoms with Gasteiger partial charge in [0.2, 0.25) is 0 Å². The molecule has 0 amide bonds. The SMILES string of the molecule is Cc1nc(CN(C)c2ccc(C#N)nc2)cs1. The fraction of sp³-hybridized carbons (Fsp3) is 0.250. The van der Waals surface area contributed by atoms with Crippen molar-refractivity contribution in [1.29, 1.82) is 5.26 Å². The van der Waals surface area contributed by atoms with Crippen LogP contribution in [0, 0.1) is 18.3 Å². The Morgan fingerprint density at radius 3 is 2.82 bits per heavy atom. The van der Waals surface area contributed by atoms with Crippen LogP contribution in [-0.2, 0) is 6.54 Å². The lowest BCUT2D eigenvalue weighted by Crippen LogP contribution is -2.16. The molecule has 2 rings (SSSR count). The number of nitrogens with zero attached hydrogens (tertiary/aromatic N) is 4. The van der Waals surface area contributed by atoms with E-state index in [1.165, 1.54) is 0 Å². The lowest BCUT2D eigenvalue weighted by atomic mass is 10.3. The van der Waals surface area contributed by atoms with Gasteiger partial charge in [0, 0.05) is 12.4 Å². The van der Waals surface area contributed by atoms with Gasteiger partial charge in [-0.1, -0.05) is 0 Å². The lowest BCUT2D eigenvalue weighted by Gasteiger charge is -2.17. The zero-order chi connectivity index (χ0) is 12.3. The number of aromatic nitrogens is 2. The maximum Gasteiger partial charge on any atom is 0.140 e. The van der Waals surface area contributed by atoms with Gasteiger partial charge in [0.15, 0.2) is 0 Å². The first-order valence-corrected chi connectivity index (χ1v) is 6.05. The molecule has 0 atom stereocenters. The number of rotatable bonds is 3. The van der Waals surface area contributed by atoms with E-state index in [9.17, 15) is 0 Å². The molecule has 0 aliphatic rings. The third kappa shape index (κ3) is 2.80. The van der Waals surface area contributed by atoms with Crippen molar-refractivity contribution in [2.24, 2.45) is 0 Å². The molecule has 0 aromatic carbocycles. The monoisotopic (exact) mass is 244 g/mol. The van der Waals surface area contributed by atoms with Crippen LogP contribution in [0.15, 0.2) is 23.7 Å². The standard InChI is InChI=1S/C12H12N4S/c1-9-15-11(8-17-9)7-16(2)12-4-3-10(5-13)14-6-12/h3-4,6,8H,7H2,1-2H3. The second-order valence-corrected chi connectivity index (χ2v) is 4.79. The Hall–Kier alpha value is -1.93. The molecule has 17 heavy (non-hydrogen) atoms. The molecule has 2 heterocycles. The molecule has 0 unspecified atom stereocenters. The largest absolute Gasteiger partial charge is 0.367 e. The van der Waals surface area contributed by atoms with E-state index >= 15 is 0 Å². The molecular weight excluding hydrogens is 232 g/mol. The molecule has 2 aromatic rings. The number of hydrogen-bond acceptors (Lipinski definition) is 5. The smallest absolute Gasteiger partial charge is 0.140 e. The Morgan fingerprint density at radius 2 is 2.29 bits per heavy atom. The van der Waals surface area contributed by atoms with Gasteiger partial charge in [-0.25, -0.2) is 9.97 Å². The third-order valence-electron chi connectivity index (χ3n) is 2.37. The summed E-state index contributed by atoms with van der Waals surface area (Å²) in [4.78, 5) is 10.5. The molecular formula is C12H12N4S. The van der Waals surface area contributed by atoms with Crippen LogP contribution in [-0.4, -0.2) is 17.0 Å². The zero-order valence-electron chi connectivity index (χ0n) is 9.71. The minimum Gasteiger partial charge on any atom is -0.367 e. The average molecular weight is 244 g/mol. The summed E-state index contributed by atoms with van der Waals surface area (Å²) in [6.45, 7) is 2.75. The Labute approximate surface area is 104 Å². The molecule has 4 nitrogen and oxygen atoms in total. The van der Waals surface area contributed by atoms with Gasteiger partial charge in [0.25, 0.3) is 0 Å². The van der Waals surface area contributed by atoms with Crippen molar-refractivity contribution in [2.45, 2.75) is 13.5 Å². The number of anilines is 1.